The largest absolute Gasteiger partial charge is 0.497 e. The third-order valence-corrected chi connectivity index (χ3v) is 8.62. The van der Waals surface area contributed by atoms with Crippen LogP contribution < -0.4 is 9.47 Å². The Hall–Kier alpha value is -2.83. The van der Waals surface area contributed by atoms with E-state index in [0.29, 0.717) is 5.75 Å². The molecule has 0 aliphatic carbocycles. The molecule has 0 spiro atoms. The number of ether oxygens (including phenoxy) is 5. The van der Waals surface area contributed by atoms with E-state index in [1.165, 1.54) is 31.4 Å². The van der Waals surface area contributed by atoms with Gasteiger partial charge in [-0.3, -0.25) is 4.18 Å². The summed E-state index contributed by atoms with van der Waals surface area (Å²) in [7, 11) is -4.23. The minimum Gasteiger partial charge on any atom is -0.497 e. The topological polar surface area (TPSA) is 211 Å². The highest BCUT2D eigenvalue weighted by atomic mass is 32.2. The molecule has 2 aromatic rings. The van der Waals surface area contributed by atoms with E-state index >= 15 is 0 Å². The number of halogens is 6. The van der Waals surface area contributed by atoms with Crippen LogP contribution in [0.4, 0.5) is 26.3 Å². The van der Waals surface area contributed by atoms with Crippen molar-refractivity contribution >= 4 is 10.1 Å². The molecule has 14 nitrogen and oxygen atoms in total. The van der Waals surface area contributed by atoms with Gasteiger partial charge in [-0.1, -0.05) is 0 Å². The summed E-state index contributed by atoms with van der Waals surface area (Å²) >= 11 is 0. The Morgan fingerprint density at radius 3 is 1.73 bits per heavy atom. The molecule has 2 aromatic carbocycles. The van der Waals surface area contributed by atoms with Crippen LogP contribution in [0.2, 0.25) is 0 Å². The number of methoxy groups -OCH3 is 1. The van der Waals surface area contributed by atoms with Crippen LogP contribution >= 0.6 is 0 Å². The lowest BCUT2D eigenvalue weighted by atomic mass is 9.97. The van der Waals surface area contributed by atoms with Crippen molar-refractivity contribution < 1.29 is 93.3 Å². The Bertz CT molecular complexity index is 1460. The summed E-state index contributed by atoms with van der Waals surface area (Å²) in [6.07, 6.45) is -30.9. The maximum absolute atomic E-state index is 13.3. The number of aliphatic hydroxyl groups excluding tert-OH is 6. The number of hydrogen-bond acceptors (Lipinski definition) is 14. The van der Waals surface area contributed by atoms with E-state index in [-0.39, 0.29) is 23.9 Å². The van der Waals surface area contributed by atoms with Gasteiger partial charge in [0.1, 0.15) is 60.3 Å². The van der Waals surface area contributed by atoms with Crippen molar-refractivity contribution in [3.63, 3.8) is 0 Å². The maximum atomic E-state index is 13.3. The monoisotopic (exact) mass is 724 g/mol. The van der Waals surface area contributed by atoms with Crippen molar-refractivity contribution in [2.24, 2.45) is 0 Å². The van der Waals surface area contributed by atoms with Crippen molar-refractivity contribution in [3.05, 3.63) is 53.6 Å². The van der Waals surface area contributed by atoms with Crippen molar-refractivity contribution in [2.75, 3.05) is 20.3 Å². The van der Waals surface area contributed by atoms with Crippen molar-refractivity contribution in [1.29, 1.82) is 0 Å². The van der Waals surface area contributed by atoms with Crippen molar-refractivity contribution in [1.82, 2.24) is 0 Å². The lowest BCUT2D eigenvalue weighted by molar-refractivity contribution is -0.350. The molecule has 2 heterocycles. The van der Waals surface area contributed by atoms with E-state index in [2.05, 4.69) is 0 Å². The molecule has 2 fully saturated rings. The average Bonchev–Trinajstić information content (AvgIpc) is 3.03. The van der Waals surface area contributed by atoms with Crippen LogP contribution in [0, 0.1) is 0 Å². The third-order valence-electron chi connectivity index (χ3n) is 7.33. The number of alkyl halides is 6. The zero-order valence-corrected chi connectivity index (χ0v) is 25.2. The quantitative estimate of drug-likeness (QED) is 0.142. The molecule has 2 saturated heterocycles. The highest BCUT2D eigenvalue weighted by Gasteiger charge is 2.53. The molecule has 48 heavy (non-hydrogen) atoms. The summed E-state index contributed by atoms with van der Waals surface area (Å²) in [6.45, 7) is -2.04. The van der Waals surface area contributed by atoms with E-state index in [0.717, 1.165) is 0 Å². The Morgan fingerprint density at radius 1 is 0.708 bits per heavy atom. The van der Waals surface area contributed by atoms with Gasteiger partial charge in [0.05, 0.1) is 36.3 Å². The third kappa shape index (κ3) is 8.30. The van der Waals surface area contributed by atoms with E-state index in [1.54, 1.807) is 0 Å². The SMILES string of the molecule is COc1ccc(O[C@@H]2O[C@H](CO)[C@@H](O[C@@H]3O[C@H](CO)[C@H](O)[C@H](OS(=O)(=O)c4cc(C(F)(F)F)cc(C(F)(F)F)c4)[C@H]3O)[C@H](O)[C@H]2O)cc1. The highest BCUT2D eigenvalue weighted by molar-refractivity contribution is 7.86. The number of benzene rings is 2. The van der Waals surface area contributed by atoms with Crippen LogP contribution in [0.25, 0.3) is 0 Å². The first kappa shape index (κ1) is 38.0. The summed E-state index contributed by atoms with van der Waals surface area (Å²) in [5.41, 5.74) is -4.01. The Morgan fingerprint density at radius 2 is 1.23 bits per heavy atom. The van der Waals surface area contributed by atoms with Crippen LogP contribution in [0.15, 0.2) is 47.4 Å². The first-order valence-electron chi connectivity index (χ1n) is 13.7. The fourth-order valence-corrected chi connectivity index (χ4v) is 5.99. The van der Waals surface area contributed by atoms with Gasteiger partial charge in [0, 0.05) is 0 Å². The summed E-state index contributed by atoms with van der Waals surface area (Å²) < 4.78 is 137. The second-order valence-electron chi connectivity index (χ2n) is 10.6. The molecule has 4 rings (SSSR count). The molecular formula is C27H30F6O14S. The summed E-state index contributed by atoms with van der Waals surface area (Å²) in [5.74, 6) is 0.598. The molecule has 270 valence electrons. The molecule has 0 amide bonds. The predicted octanol–water partition coefficient (Wildman–Crippen LogP) is 0.149. The van der Waals surface area contributed by atoms with Crippen LogP contribution in [0.5, 0.6) is 11.5 Å². The second kappa shape index (κ2) is 14.6. The van der Waals surface area contributed by atoms with Crippen molar-refractivity contribution in [2.45, 2.75) is 78.7 Å². The zero-order valence-electron chi connectivity index (χ0n) is 24.4. The van der Waals surface area contributed by atoms with E-state index in [1.807, 2.05) is 0 Å². The first-order chi connectivity index (χ1) is 22.3. The predicted molar refractivity (Wildman–Crippen MR) is 143 cm³/mol. The lowest BCUT2D eigenvalue weighted by Gasteiger charge is -2.46. The van der Waals surface area contributed by atoms with Gasteiger partial charge < -0.3 is 54.3 Å². The molecule has 0 bridgehead atoms. The van der Waals surface area contributed by atoms with Gasteiger partial charge in [-0.05, 0) is 42.5 Å². The lowest BCUT2D eigenvalue weighted by Crippen LogP contribution is -2.65. The van der Waals surface area contributed by atoms with E-state index < -0.39 is 113 Å². The van der Waals surface area contributed by atoms with Gasteiger partial charge in [-0.15, -0.1) is 0 Å². The maximum Gasteiger partial charge on any atom is 0.416 e. The van der Waals surface area contributed by atoms with Gasteiger partial charge in [0.25, 0.3) is 10.1 Å². The molecule has 0 saturated carbocycles. The number of hydrogen-bond donors (Lipinski definition) is 6. The van der Waals surface area contributed by atoms with Gasteiger partial charge in [-0.25, -0.2) is 0 Å². The molecule has 0 unspecified atom stereocenters. The zero-order chi connectivity index (χ0) is 35.8. The minimum absolute atomic E-state index is 0.137. The van der Waals surface area contributed by atoms with Gasteiger partial charge in [0.15, 0.2) is 6.29 Å². The van der Waals surface area contributed by atoms with E-state index in [4.69, 9.17) is 27.9 Å². The number of rotatable bonds is 10. The molecule has 2 aliphatic rings. The molecule has 6 N–H and O–H groups in total. The Labute approximate surface area is 267 Å². The standard InChI is InChI=1S/C27H30F6O14S/c1-42-13-2-4-14(5-3-13)43-24-20(38)19(37)22(17(10-35)45-24)46-25-21(39)23(18(36)16(9-34)44-25)47-48(40,41)15-7-11(26(28,29)30)6-12(8-15)27(31,32)33/h2-8,16-25,34-39H,9-10H2,1H3/t16-,17-,18+,19-,20-,21-,22-,23+,24-,25+/m1/s1. The Kier molecular flexibility index (Phi) is 11.5. The van der Waals surface area contributed by atoms with Gasteiger partial charge in [-0.2, -0.15) is 34.8 Å². The molecular weight excluding hydrogens is 694 g/mol. The van der Waals surface area contributed by atoms with E-state index in [9.17, 15) is 65.4 Å². The first-order valence-corrected chi connectivity index (χ1v) is 15.2. The van der Waals surface area contributed by atoms with Gasteiger partial charge in [0.2, 0.25) is 6.29 Å². The highest BCUT2D eigenvalue weighted by Crippen LogP contribution is 2.39. The van der Waals surface area contributed by atoms with Gasteiger partial charge >= 0.3 is 12.4 Å². The van der Waals surface area contributed by atoms with Crippen LogP contribution in [0.3, 0.4) is 0 Å². The molecule has 21 heteroatoms. The molecule has 10 atom stereocenters. The fourth-order valence-electron chi connectivity index (χ4n) is 4.81. The number of aliphatic hydroxyl groups is 6. The normalized spacial score (nSPS) is 31.8. The second-order valence-corrected chi connectivity index (χ2v) is 12.1. The molecule has 0 radical (unpaired) electrons. The summed E-state index contributed by atoms with van der Waals surface area (Å²) in [4.78, 5) is -1.64. The minimum atomic E-state index is -5.65. The van der Waals surface area contributed by atoms with Crippen LogP contribution in [0.1, 0.15) is 11.1 Å². The van der Waals surface area contributed by atoms with Crippen LogP contribution in [-0.4, -0.2) is 121 Å². The fraction of sp³-hybridized carbons (Fsp3) is 0.556. The van der Waals surface area contributed by atoms with Crippen molar-refractivity contribution in [3.8, 4) is 11.5 Å². The summed E-state index contributed by atoms with van der Waals surface area (Å²) in [5, 5.41) is 62.6. The average molecular weight is 725 g/mol. The Balaban J connectivity index is 1.57. The molecule has 0 aromatic heterocycles. The molecule has 2 aliphatic heterocycles. The smallest absolute Gasteiger partial charge is 0.416 e. The van der Waals surface area contributed by atoms with Crippen LogP contribution in [-0.2, 0) is 40.9 Å². The summed E-state index contributed by atoms with van der Waals surface area (Å²) in [6, 6.07) is 5.22.